The first-order chi connectivity index (χ1) is 15.1. The van der Waals surface area contributed by atoms with Gasteiger partial charge in [-0.15, -0.1) is 0 Å². The Labute approximate surface area is 182 Å². The first-order valence-electron chi connectivity index (χ1n) is 10.8. The fourth-order valence-corrected chi connectivity index (χ4v) is 4.52. The summed E-state index contributed by atoms with van der Waals surface area (Å²) in [5.41, 5.74) is 0.606. The second-order valence-corrected chi connectivity index (χ2v) is 8.28. The van der Waals surface area contributed by atoms with E-state index in [-0.39, 0.29) is 5.91 Å². The normalized spacial score (nSPS) is 17.5. The van der Waals surface area contributed by atoms with Gasteiger partial charge in [0.25, 0.3) is 0 Å². The van der Waals surface area contributed by atoms with Crippen LogP contribution in [0, 0.1) is 6.92 Å². The molecule has 2 aliphatic rings. The lowest BCUT2D eigenvalue weighted by Gasteiger charge is -2.37. The lowest BCUT2D eigenvalue weighted by molar-refractivity contribution is -0.134. The summed E-state index contributed by atoms with van der Waals surface area (Å²) in [6.45, 7) is 4.82. The molecule has 0 unspecified atom stereocenters. The first kappa shape index (κ1) is 19.6. The largest absolute Gasteiger partial charge is 0.496 e. The number of methoxy groups -OCH3 is 1. The van der Waals surface area contributed by atoms with Crippen molar-refractivity contribution in [2.45, 2.75) is 25.2 Å². The Morgan fingerprint density at radius 3 is 2.32 bits per heavy atom. The van der Waals surface area contributed by atoms with Gasteiger partial charge in [-0.05, 0) is 38.0 Å². The molecule has 1 amide bonds. The zero-order valence-corrected chi connectivity index (χ0v) is 18.0. The van der Waals surface area contributed by atoms with Gasteiger partial charge in [0.2, 0.25) is 5.91 Å². The predicted molar refractivity (Wildman–Crippen MR) is 119 cm³/mol. The van der Waals surface area contributed by atoms with Crippen molar-refractivity contribution in [2.24, 2.45) is 0 Å². The van der Waals surface area contributed by atoms with Crippen LogP contribution in [0.15, 0.2) is 54.9 Å². The van der Waals surface area contributed by atoms with E-state index in [0.29, 0.717) is 13.1 Å². The van der Waals surface area contributed by atoms with Crippen molar-refractivity contribution in [3.8, 4) is 11.6 Å². The zero-order chi connectivity index (χ0) is 21.4. The van der Waals surface area contributed by atoms with Gasteiger partial charge in [-0.1, -0.05) is 18.2 Å². The monoisotopic (exact) mass is 417 g/mol. The second kappa shape index (κ2) is 7.72. The molecule has 31 heavy (non-hydrogen) atoms. The number of para-hydroxylation sites is 1. The maximum Gasteiger partial charge on any atom is 0.233 e. The number of benzene rings is 1. The van der Waals surface area contributed by atoms with Gasteiger partial charge in [0.15, 0.2) is 0 Å². The van der Waals surface area contributed by atoms with E-state index in [0.717, 1.165) is 54.7 Å². The molecular formula is C24H27N5O2. The highest BCUT2D eigenvalue weighted by molar-refractivity contribution is 5.92. The summed E-state index contributed by atoms with van der Waals surface area (Å²) >= 11 is 0. The number of nitrogens with zero attached hydrogens (tertiary/aromatic N) is 5. The molecule has 0 N–H and O–H groups in total. The molecule has 1 aromatic carbocycles. The maximum absolute atomic E-state index is 13.5. The molecule has 0 spiro atoms. The van der Waals surface area contributed by atoms with Gasteiger partial charge >= 0.3 is 0 Å². The number of carbonyl (C=O) groups excluding carboxylic acids is 1. The molecule has 3 heterocycles. The van der Waals surface area contributed by atoms with Crippen LogP contribution in [0.3, 0.4) is 0 Å². The highest BCUT2D eigenvalue weighted by atomic mass is 16.5. The molecule has 2 fully saturated rings. The van der Waals surface area contributed by atoms with E-state index in [1.54, 1.807) is 7.11 Å². The summed E-state index contributed by atoms with van der Waals surface area (Å²) in [4.78, 5) is 26.9. The Kier molecular flexibility index (Phi) is 4.88. The first-order valence-corrected chi connectivity index (χ1v) is 10.8. The molecule has 7 heteroatoms. The van der Waals surface area contributed by atoms with Gasteiger partial charge in [-0.25, -0.2) is 9.97 Å². The molecule has 1 aliphatic heterocycles. The van der Waals surface area contributed by atoms with Crippen LogP contribution in [0.5, 0.6) is 5.75 Å². The van der Waals surface area contributed by atoms with Crippen LogP contribution in [-0.2, 0) is 10.2 Å². The van der Waals surface area contributed by atoms with Gasteiger partial charge in [0, 0.05) is 50.2 Å². The van der Waals surface area contributed by atoms with Crippen molar-refractivity contribution in [3.05, 3.63) is 66.2 Å². The van der Waals surface area contributed by atoms with Gasteiger partial charge in [0.05, 0.1) is 12.5 Å². The van der Waals surface area contributed by atoms with Crippen LogP contribution in [0.25, 0.3) is 5.82 Å². The number of hydrogen-bond acceptors (Lipinski definition) is 5. The Bertz CT molecular complexity index is 1080. The summed E-state index contributed by atoms with van der Waals surface area (Å²) in [5.74, 6) is 3.55. The van der Waals surface area contributed by atoms with Crippen molar-refractivity contribution in [2.75, 3.05) is 38.2 Å². The Hall–Kier alpha value is -3.35. The van der Waals surface area contributed by atoms with E-state index in [4.69, 9.17) is 4.74 Å². The van der Waals surface area contributed by atoms with Crippen molar-refractivity contribution in [1.82, 2.24) is 19.4 Å². The number of amides is 1. The standard InChI is InChI=1S/C24H27N5O2/c1-18-25-21(27-11-5-6-12-27)17-22(26-18)28-13-15-29(16-14-28)23(30)24(9-10-24)19-7-3-4-8-20(19)31-2/h3-8,11-12,17H,9-10,13-16H2,1-2H3. The van der Waals surface area contributed by atoms with Gasteiger partial charge in [-0.2, -0.15) is 0 Å². The summed E-state index contributed by atoms with van der Waals surface area (Å²) in [6, 6.07) is 13.9. The fraction of sp³-hybridized carbons (Fsp3) is 0.375. The van der Waals surface area contributed by atoms with Crippen LogP contribution >= 0.6 is 0 Å². The molecule has 7 nitrogen and oxygen atoms in total. The second-order valence-electron chi connectivity index (χ2n) is 8.28. The van der Waals surface area contributed by atoms with E-state index in [2.05, 4.69) is 14.9 Å². The van der Waals surface area contributed by atoms with Crippen molar-refractivity contribution in [1.29, 1.82) is 0 Å². The van der Waals surface area contributed by atoms with Crippen molar-refractivity contribution >= 4 is 11.7 Å². The fourth-order valence-electron chi connectivity index (χ4n) is 4.52. The summed E-state index contributed by atoms with van der Waals surface area (Å²) in [5, 5.41) is 0. The minimum absolute atomic E-state index is 0.226. The molecule has 1 aliphatic carbocycles. The third-order valence-electron chi connectivity index (χ3n) is 6.35. The number of aromatic nitrogens is 3. The van der Waals surface area contributed by atoms with Crippen molar-refractivity contribution < 1.29 is 9.53 Å². The smallest absolute Gasteiger partial charge is 0.233 e. The van der Waals surface area contributed by atoms with E-state index in [1.165, 1.54) is 0 Å². The SMILES string of the molecule is COc1ccccc1C1(C(=O)N2CCN(c3cc(-n4cccc4)nc(C)n3)CC2)CC1. The van der Waals surface area contributed by atoms with Crippen LogP contribution in [0.2, 0.25) is 0 Å². The zero-order valence-electron chi connectivity index (χ0n) is 18.0. The number of aryl methyl sites for hydroxylation is 1. The van der Waals surface area contributed by atoms with E-state index >= 15 is 0 Å². The molecule has 0 radical (unpaired) electrons. The minimum Gasteiger partial charge on any atom is -0.496 e. The number of rotatable bonds is 5. The number of ether oxygens (including phenoxy) is 1. The molecule has 1 saturated heterocycles. The molecule has 3 aromatic rings. The summed E-state index contributed by atoms with van der Waals surface area (Å²) in [6.07, 6.45) is 5.74. The Balaban J connectivity index is 1.31. The average molecular weight is 418 g/mol. The predicted octanol–water partition coefficient (Wildman–Crippen LogP) is 2.96. The van der Waals surface area contributed by atoms with Gasteiger partial charge < -0.3 is 19.1 Å². The Morgan fingerprint density at radius 2 is 1.65 bits per heavy atom. The topological polar surface area (TPSA) is 63.5 Å². The third kappa shape index (κ3) is 3.54. The lowest BCUT2D eigenvalue weighted by Crippen LogP contribution is -2.51. The minimum atomic E-state index is -0.415. The number of piperazine rings is 1. The average Bonchev–Trinajstić information content (AvgIpc) is 3.43. The molecular weight excluding hydrogens is 390 g/mol. The van der Waals surface area contributed by atoms with Crippen LogP contribution < -0.4 is 9.64 Å². The van der Waals surface area contributed by atoms with E-state index < -0.39 is 5.41 Å². The Morgan fingerprint density at radius 1 is 0.968 bits per heavy atom. The van der Waals surface area contributed by atoms with Crippen molar-refractivity contribution in [3.63, 3.8) is 0 Å². The highest BCUT2D eigenvalue weighted by Crippen LogP contribution is 2.52. The highest BCUT2D eigenvalue weighted by Gasteiger charge is 2.54. The van der Waals surface area contributed by atoms with Crippen LogP contribution in [0.4, 0.5) is 5.82 Å². The third-order valence-corrected chi connectivity index (χ3v) is 6.35. The quantitative estimate of drug-likeness (QED) is 0.639. The molecule has 160 valence electrons. The van der Waals surface area contributed by atoms with E-state index in [9.17, 15) is 4.79 Å². The van der Waals surface area contributed by atoms with Gasteiger partial charge in [-0.3, -0.25) is 4.79 Å². The molecule has 1 saturated carbocycles. The molecule has 0 bridgehead atoms. The van der Waals surface area contributed by atoms with Gasteiger partial charge in [0.1, 0.15) is 23.2 Å². The molecule has 2 aromatic heterocycles. The van der Waals surface area contributed by atoms with Crippen LogP contribution in [0.1, 0.15) is 24.2 Å². The van der Waals surface area contributed by atoms with Crippen LogP contribution in [-0.4, -0.2) is 58.6 Å². The van der Waals surface area contributed by atoms with E-state index in [1.807, 2.05) is 71.2 Å². The number of anilines is 1. The number of carbonyl (C=O) groups is 1. The molecule has 0 atom stereocenters. The maximum atomic E-state index is 13.5. The summed E-state index contributed by atoms with van der Waals surface area (Å²) < 4.78 is 7.53. The lowest BCUT2D eigenvalue weighted by atomic mass is 9.93. The number of hydrogen-bond donors (Lipinski definition) is 0. The summed E-state index contributed by atoms with van der Waals surface area (Å²) in [7, 11) is 1.67. The molecule has 5 rings (SSSR count).